The first-order valence-electron chi connectivity index (χ1n) is 12.8. The summed E-state index contributed by atoms with van der Waals surface area (Å²) in [4.78, 5) is 44.7. The number of nitrogens with zero attached hydrogens (tertiary/aromatic N) is 3. The van der Waals surface area contributed by atoms with Gasteiger partial charge in [-0.3, -0.25) is 24.3 Å². The van der Waals surface area contributed by atoms with E-state index < -0.39 is 10.8 Å². The number of anilines is 1. The molecule has 5 rings (SSSR count). The molecular weight excluding hydrogens is 536 g/mol. The predicted molar refractivity (Wildman–Crippen MR) is 155 cm³/mol. The van der Waals surface area contributed by atoms with Crippen molar-refractivity contribution < 1.29 is 14.5 Å². The summed E-state index contributed by atoms with van der Waals surface area (Å²) in [6.07, 6.45) is 3.97. The van der Waals surface area contributed by atoms with E-state index in [2.05, 4.69) is 5.32 Å². The molecule has 202 valence electrons. The first-order valence-corrected chi connectivity index (χ1v) is 14.6. The molecule has 11 heteroatoms. The maximum atomic E-state index is 14.0. The molecule has 0 saturated heterocycles. The highest BCUT2D eigenvalue weighted by atomic mass is 32.2. The number of rotatable bonds is 8. The van der Waals surface area contributed by atoms with E-state index in [0.29, 0.717) is 27.7 Å². The minimum atomic E-state index is -0.558. The second-order valence-electron chi connectivity index (χ2n) is 9.42. The van der Waals surface area contributed by atoms with Crippen LogP contribution in [0.5, 0.6) is 5.75 Å². The fourth-order valence-electron chi connectivity index (χ4n) is 4.89. The van der Waals surface area contributed by atoms with Crippen molar-refractivity contribution in [3.63, 3.8) is 0 Å². The molecule has 0 fully saturated rings. The number of benzene rings is 2. The Morgan fingerprint density at radius 1 is 1.21 bits per heavy atom. The number of nitrogens with one attached hydrogen (secondary N) is 1. The van der Waals surface area contributed by atoms with Crippen LogP contribution in [-0.2, 0) is 17.6 Å². The van der Waals surface area contributed by atoms with Crippen LogP contribution in [0.2, 0.25) is 0 Å². The molecule has 1 N–H and O–H groups in total. The number of carbonyl (C=O) groups is 1. The molecule has 2 heterocycles. The van der Waals surface area contributed by atoms with Gasteiger partial charge >= 0.3 is 0 Å². The Hall–Kier alpha value is -3.70. The normalized spacial score (nSPS) is 12.8. The van der Waals surface area contributed by atoms with Gasteiger partial charge in [0, 0.05) is 4.88 Å². The average Bonchev–Trinajstić information content (AvgIpc) is 3.28. The molecule has 2 aromatic carbocycles. The quantitative estimate of drug-likeness (QED) is 0.121. The highest BCUT2D eigenvalue weighted by Gasteiger charge is 2.24. The molecule has 0 radical (unpaired) electrons. The van der Waals surface area contributed by atoms with Crippen LogP contribution in [0.3, 0.4) is 0 Å². The molecule has 4 aromatic rings. The lowest BCUT2D eigenvalue weighted by molar-refractivity contribution is -0.384. The summed E-state index contributed by atoms with van der Waals surface area (Å²) in [6, 6.07) is 10.2. The zero-order chi connectivity index (χ0) is 27.7. The number of ether oxygens (including phenoxy) is 1. The predicted octanol–water partition coefficient (Wildman–Crippen LogP) is 5.98. The first kappa shape index (κ1) is 26.9. The Balaban J connectivity index is 1.49. The van der Waals surface area contributed by atoms with Crippen molar-refractivity contribution in [1.82, 2.24) is 9.55 Å². The van der Waals surface area contributed by atoms with Crippen LogP contribution in [0, 0.1) is 24.0 Å². The van der Waals surface area contributed by atoms with Gasteiger partial charge < -0.3 is 10.1 Å². The highest BCUT2D eigenvalue weighted by molar-refractivity contribution is 7.99. The molecule has 0 aliphatic heterocycles. The molecule has 1 aliphatic rings. The molecule has 0 bridgehead atoms. The second kappa shape index (κ2) is 11.2. The number of nitro groups is 1. The van der Waals surface area contributed by atoms with Gasteiger partial charge in [0.2, 0.25) is 5.91 Å². The average molecular weight is 565 g/mol. The standard InChI is InChI=1S/C28H28N4O5S2/c1-4-37-18-10-11-20(22(14-18)32(35)36)29-24(33)15-38-28-30-26-25(19-7-5-6-8-23(19)39-26)27(34)31(28)21-12-9-16(2)13-17(21)3/h9-14H,4-8,15H2,1-3H3,(H,29,33). The largest absolute Gasteiger partial charge is 0.494 e. The molecule has 0 saturated carbocycles. The zero-order valence-electron chi connectivity index (χ0n) is 21.9. The summed E-state index contributed by atoms with van der Waals surface area (Å²) in [6.45, 7) is 6.10. The summed E-state index contributed by atoms with van der Waals surface area (Å²) in [7, 11) is 0. The van der Waals surface area contributed by atoms with Gasteiger partial charge in [0.05, 0.1) is 34.4 Å². The Bertz CT molecular complexity index is 1660. The van der Waals surface area contributed by atoms with Crippen molar-refractivity contribution in [2.45, 2.75) is 51.6 Å². The molecule has 0 atom stereocenters. The topological polar surface area (TPSA) is 116 Å². The van der Waals surface area contributed by atoms with E-state index in [1.807, 2.05) is 32.0 Å². The zero-order valence-corrected chi connectivity index (χ0v) is 23.5. The van der Waals surface area contributed by atoms with Gasteiger partial charge in [-0.15, -0.1) is 11.3 Å². The van der Waals surface area contributed by atoms with E-state index in [0.717, 1.165) is 59.8 Å². The van der Waals surface area contributed by atoms with Crippen LogP contribution in [0.15, 0.2) is 46.3 Å². The van der Waals surface area contributed by atoms with Gasteiger partial charge in [-0.05, 0) is 75.8 Å². The van der Waals surface area contributed by atoms with Crippen LogP contribution >= 0.6 is 23.1 Å². The van der Waals surface area contributed by atoms with Crippen molar-refractivity contribution in [3.8, 4) is 11.4 Å². The number of hydrogen-bond acceptors (Lipinski definition) is 8. The maximum Gasteiger partial charge on any atom is 0.296 e. The number of thiophene rings is 1. The molecule has 9 nitrogen and oxygen atoms in total. The third kappa shape index (κ3) is 5.41. The number of carbonyl (C=O) groups excluding carboxylic acids is 1. The third-order valence-corrected chi connectivity index (χ3v) is 8.76. The van der Waals surface area contributed by atoms with Crippen LogP contribution in [0.25, 0.3) is 15.9 Å². The molecule has 1 amide bonds. The van der Waals surface area contributed by atoms with Crippen molar-refractivity contribution in [3.05, 3.63) is 78.4 Å². The third-order valence-electron chi connectivity index (χ3n) is 6.63. The lowest BCUT2D eigenvalue weighted by Crippen LogP contribution is -2.24. The van der Waals surface area contributed by atoms with E-state index in [1.54, 1.807) is 28.9 Å². The van der Waals surface area contributed by atoms with Gasteiger partial charge in [-0.1, -0.05) is 29.5 Å². The number of aromatic nitrogens is 2. The fraction of sp³-hybridized carbons (Fsp3) is 0.321. The van der Waals surface area contributed by atoms with E-state index in [4.69, 9.17) is 9.72 Å². The number of thioether (sulfide) groups is 1. The molecule has 39 heavy (non-hydrogen) atoms. The van der Waals surface area contributed by atoms with Crippen LogP contribution in [0.1, 0.15) is 41.3 Å². The van der Waals surface area contributed by atoms with Crippen molar-refractivity contribution in [2.75, 3.05) is 17.7 Å². The van der Waals surface area contributed by atoms with Crippen LogP contribution in [-0.4, -0.2) is 32.7 Å². The summed E-state index contributed by atoms with van der Waals surface area (Å²) in [5.74, 6) is -0.178. The Labute approximate surface area is 233 Å². The maximum absolute atomic E-state index is 14.0. The Morgan fingerprint density at radius 2 is 2.00 bits per heavy atom. The van der Waals surface area contributed by atoms with Crippen molar-refractivity contribution in [2.24, 2.45) is 0 Å². The summed E-state index contributed by atoms with van der Waals surface area (Å²) < 4.78 is 6.96. The Kier molecular flexibility index (Phi) is 7.72. The summed E-state index contributed by atoms with van der Waals surface area (Å²) in [5.41, 5.74) is 3.53. The van der Waals surface area contributed by atoms with Crippen LogP contribution in [0.4, 0.5) is 11.4 Å². The van der Waals surface area contributed by atoms with Gasteiger partial charge in [-0.25, -0.2) is 4.98 Å². The highest BCUT2D eigenvalue weighted by Crippen LogP contribution is 2.36. The summed E-state index contributed by atoms with van der Waals surface area (Å²) >= 11 is 2.70. The number of aryl methyl sites for hydroxylation is 4. The van der Waals surface area contributed by atoms with Crippen molar-refractivity contribution in [1.29, 1.82) is 0 Å². The number of amides is 1. The van der Waals surface area contributed by atoms with Gasteiger partial charge in [-0.2, -0.15) is 0 Å². The fourth-order valence-corrected chi connectivity index (χ4v) is 7.00. The van der Waals surface area contributed by atoms with Crippen molar-refractivity contribution >= 4 is 50.6 Å². The lowest BCUT2D eigenvalue weighted by atomic mass is 9.97. The van der Waals surface area contributed by atoms with Gasteiger partial charge in [0.15, 0.2) is 5.16 Å². The van der Waals surface area contributed by atoms with Crippen LogP contribution < -0.4 is 15.6 Å². The van der Waals surface area contributed by atoms with Gasteiger partial charge in [0.1, 0.15) is 16.3 Å². The van der Waals surface area contributed by atoms with E-state index in [-0.39, 0.29) is 22.7 Å². The van der Waals surface area contributed by atoms with Gasteiger partial charge in [0.25, 0.3) is 11.2 Å². The minimum absolute atomic E-state index is 0.0789. The Morgan fingerprint density at radius 3 is 2.74 bits per heavy atom. The SMILES string of the molecule is CCOc1ccc(NC(=O)CSc2nc3sc4c(c3c(=O)n2-c2ccc(C)cc2C)CCCC4)c([N+](=O)[O-])c1. The van der Waals surface area contributed by atoms with E-state index in [1.165, 1.54) is 17.0 Å². The van der Waals surface area contributed by atoms with E-state index in [9.17, 15) is 19.7 Å². The molecule has 1 aliphatic carbocycles. The number of fused-ring (bicyclic) bond motifs is 3. The molecule has 2 aromatic heterocycles. The summed E-state index contributed by atoms with van der Waals surface area (Å²) in [5, 5.41) is 15.3. The van der Waals surface area contributed by atoms with E-state index >= 15 is 0 Å². The molecule has 0 unspecified atom stereocenters. The smallest absolute Gasteiger partial charge is 0.296 e. The number of hydrogen-bond donors (Lipinski definition) is 1. The molecular formula is C28H28N4O5S2. The monoisotopic (exact) mass is 564 g/mol. The second-order valence-corrected chi connectivity index (χ2v) is 11.4. The minimum Gasteiger partial charge on any atom is -0.494 e. The first-order chi connectivity index (χ1) is 18.8. The number of nitro benzene ring substituents is 1. The molecule has 0 spiro atoms. The lowest BCUT2D eigenvalue weighted by Gasteiger charge is -2.16.